The minimum absolute atomic E-state index is 0.0897. The van der Waals surface area contributed by atoms with Gasteiger partial charge in [0.05, 0.1) is 18.6 Å². The Kier molecular flexibility index (Phi) is 6.91. The summed E-state index contributed by atoms with van der Waals surface area (Å²) in [6, 6.07) is 19.3. The molecule has 1 heterocycles. The van der Waals surface area contributed by atoms with Crippen LogP contribution in [0.25, 0.3) is 0 Å². The van der Waals surface area contributed by atoms with Gasteiger partial charge in [-0.1, -0.05) is 80.9 Å². The Labute approximate surface area is 173 Å². The molecule has 5 nitrogen and oxygen atoms in total. The second-order valence-electron chi connectivity index (χ2n) is 7.69. The summed E-state index contributed by atoms with van der Waals surface area (Å²) in [7, 11) is 0. The van der Waals surface area contributed by atoms with Crippen molar-refractivity contribution in [2.24, 2.45) is 5.92 Å². The largest absolute Gasteiger partial charge is 0.444 e. The Balaban J connectivity index is 1.78. The molecule has 0 spiro atoms. The van der Waals surface area contributed by atoms with Gasteiger partial charge in [0, 0.05) is 6.04 Å². The van der Waals surface area contributed by atoms with Crippen LogP contribution in [0.5, 0.6) is 0 Å². The van der Waals surface area contributed by atoms with E-state index in [2.05, 4.69) is 6.92 Å². The molecule has 5 heteroatoms. The van der Waals surface area contributed by atoms with Gasteiger partial charge in [-0.2, -0.15) is 0 Å². The van der Waals surface area contributed by atoms with E-state index in [9.17, 15) is 9.59 Å². The summed E-state index contributed by atoms with van der Waals surface area (Å²) < 4.78 is 5.61. The van der Waals surface area contributed by atoms with Crippen molar-refractivity contribution in [3.05, 3.63) is 71.8 Å². The Hall–Kier alpha value is -2.82. The molecule has 3 rings (SSSR count). The standard InChI is InChI=1S/C24H30N2O3/c1-4-11-22-18(2)23(27)25(19(3)21-14-9-6-10-15-21)17-26(22)24(28)29-16-20-12-7-5-8-13-20/h5-10,12-15,18-19,22H,4,11,16-17H2,1-3H3/t18-,19-,22-/m0/s1. The van der Waals surface area contributed by atoms with Crippen LogP contribution in [0.2, 0.25) is 0 Å². The topological polar surface area (TPSA) is 49.9 Å². The SMILES string of the molecule is CCC[C@H]1[C@H](C)C(=O)N([C@@H](C)c2ccccc2)CN1C(=O)OCc1ccccc1. The number of amides is 2. The van der Waals surface area contributed by atoms with E-state index in [0.29, 0.717) is 0 Å². The Bertz CT molecular complexity index is 809. The molecule has 0 saturated carbocycles. The van der Waals surface area contributed by atoms with Crippen molar-refractivity contribution in [1.29, 1.82) is 0 Å². The van der Waals surface area contributed by atoms with E-state index < -0.39 is 0 Å². The van der Waals surface area contributed by atoms with E-state index >= 15 is 0 Å². The van der Waals surface area contributed by atoms with Crippen molar-refractivity contribution < 1.29 is 14.3 Å². The predicted molar refractivity (Wildman–Crippen MR) is 113 cm³/mol. The van der Waals surface area contributed by atoms with Crippen molar-refractivity contribution >= 4 is 12.0 Å². The molecule has 0 aliphatic carbocycles. The summed E-state index contributed by atoms with van der Waals surface area (Å²) in [6.07, 6.45) is 1.32. The maximum absolute atomic E-state index is 13.1. The molecule has 2 aromatic rings. The molecule has 0 N–H and O–H groups in total. The summed E-state index contributed by atoms with van der Waals surface area (Å²) in [5.41, 5.74) is 2.00. The lowest BCUT2D eigenvalue weighted by Crippen LogP contribution is -2.60. The van der Waals surface area contributed by atoms with Gasteiger partial charge in [0.25, 0.3) is 0 Å². The van der Waals surface area contributed by atoms with Crippen molar-refractivity contribution in [3.8, 4) is 0 Å². The highest BCUT2D eigenvalue weighted by Gasteiger charge is 2.42. The van der Waals surface area contributed by atoms with Gasteiger partial charge < -0.3 is 9.64 Å². The molecule has 1 fully saturated rings. The molecule has 2 amide bonds. The molecule has 29 heavy (non-hydrogen) atoms. The van der Waals surface area contributed by atoms with E-state index in [1.165, 1.54) is 0 Å². The lowest BCUT2D eigenvalue weighted by atomic mass is 9.91. The zero-order valence-electron chi connectivity index (χ0n) is 17.5. The van der Waals surface area contributed by atoms with Crippen LogP contribution in [0.15, 0.2) is 60.7 Å². The highest BCUT2D eigenvalue weighted by atomic mass is 16.6. The summed E-state index contributed by atoms with van der Waals surface area (Å²) in [4.78, 5) is 29.6. The normalized spacial score (nSPS) is 20.4. The van der Waals surface area contributed by atoms with Crippen molar-refractivity contribution in [1.82, 2.24) is 9.80 Å². The highest BCUT2D eigenvalue weighted by Crippen LogP contribution is 2.31. The van der Waals surface area contributed by atoms with Crippen LogP contribution in [0, 0.1) is 5.92 Å². The predicted octanol–water partition coefficient (Wildman–Crippen LogP) is 4.99. The Morgan fingerprint density at radius 2 is 1.72 bits per heavy atom. The highest BCUT2D eigenvalue weighted by molar-refractivity contribution is 5.82. The van der Waals surface area contributed by atoms with Crippen molar-refractivity contribution in [2.75, 3.05) is 6.67 Å². The smallest absolute Gasteiger partial charge is 0.411 e. The van der Waals surface area contributed by atoms with Gasteiger partial charge in [-0.25, -0.2) is 4.79 Å². The van der Waals surface area contributed by atoms with Gasteiger partial charge in [0.15, 0.2) is 0 Å². The molecule has 154 valence electrons. The van der Waals surface area contributed by atoms with Crippen molar-refractivity contribution in [2.45, 2.75) is 52.3 Å². The average molecular weight is 395 g/mol. The van der Waals surface area contributed by atoms with E-state index in [1.54, 1.807) is 9.80 Å². The van der Waals surface area contributed by atoms with E-state index in [1.807, 2.05) is 74.5 Å². The zero-order valence-corrected chi connectivity index (χ0v) is 17.5. The number of hydrogen-bond donors (Lipinski definition) is 0. The van der Waals surface area contributed by atoms with Crippen LogP contribution in [-0.4, -0.2) is 34.5 Å². The van der Waals surface area contributed by atoms with Crippen molar-refractivity contribution in [3.63, 3.8) is 0 Å². The fourth-order valence-corrected chi connectivity index (χ4v) is 3.96. The first kappa shape index (κ1) is 20.9. The number of nitrogens with zero attached hydrogens (tertiary/aromatic N) is 2. The minimum Gasteiger partial charge on any atom is -0.444 e. The van der Waals surface area contributed by atoms with Crippen LogP contribution < -0.4 is 0 Å². The number of hydrogen-bond acceptors (Lipinski definition) is 3. The van der Waals surface area contributed by atoms with E-state index in [0.717, 1.165) is 24.0 Å². The number of carbonyl (C=O) groups excluding carboxylic acids is 2. The van der Waals surface area contributed by atoms with Gasteiger partial charge in [-0.15, -0.1) is 0 Å². The van der Waals surface area contributed by atoms with Gasteiger partial charge in [0.2, 0.25) is 5.91 Å². The molecule has 1 aliphatic heterocycles. The van der Waals surface area contributed by atoms with E-state index in [-0.39, 0.29) is 43.3 Å². The lowest BCUT2D eigenvalue weighted by Gasteiger charge is -2.46. The van der Waals surface area contributed by atoms with Crippen LogP contribution in [-0.2, 0) is 16.1 Å². The summed E-state index contributed by atoms with van der Waals surface area (Å²) in [5.74, 6) is -0.175. The lowest BCUT2D eigenvalue weighted by molar-refractivity contribution is -0.149. The number of benzene rings is 2. The van der Waals surface area contributed by atoms with Crippen LogP contribution in [0.3, 0.4) is 0 Å². The summed E-state index contributed by atoms with van der Waals surface area (Å²) in [6.45, 7) is 6.48. The van der Waals surface area contributed by atoms with Crippen LogP contribution in [0.1, 0.15) is 50.8 Å². The third-order valence-electron chi connectivity index (χ3n) is 5.73. The second kappa shape index (κ2) is 9.59. The second-order valence-corrected chi connectivity index (χ2v) is 7.69. The molecular weight excluding hydrogens is 364 g/mol. The fraction of sp³-hybridized carbons (Fsp3) is 0.417. The first-order chi connectivity index (χ1) is 14.0. The number of rotatable bonds is 6. The molecular formula is C24H30N2O3. The zero-order chi connectivity index (χ0) is 20.8. The molecule has 3 atom stereocenters. The summed E-state index contributed by atoms with van der Waals surface area (Å²) in [5, 5.41) is 0. The summed E-state index contributed by atoms with van der Waals surface area (Å²) >= 11 is 0. The van der Waals surface area contributed by atoms with Gasteiger partial charge in [0.1, 0.15) is 6.61 Å². The number of carbonyl (C=O) groups is 2. The fourth-order valence-electron chi connectivity index (χ4n) is 3.96. The van der Waals surface area contributed by atoms with Gasteiger partial charge in [-0.05, 0) is 24.5 Å². The van der Waals surface area contributed by atoms with E-state index in [4.69, 9.17) is 4.74 Å². The first-order valence-corrected chi connectivity index (χ1v) is 10.4. The first-order valence-electron chi connectivity index (χ1n) is 10.4. The average Bonchev–Trinajstić information content (AvgIpc) is 2.76. The Morgan fingerprint density at radius 1 is 1.10 bits per heavy atom. The molecule has 0 radical (unpaired) electrons. The van der Waals surface area contributed by atoms with Crippen LogP contribution >= 0.6 is 0 Å². The third-order valence-corrected chi connectivity index (χ3v) is 5.73. The maximum atomic E-state index is 13.1. The third kappa shape index (κ3) is 4.78. The molecule has 0 aromatic heterocycles. The quantitative estimate of drug-likeness (QED) is 0.693. The molecule has 1 aliphatic rings. The molecule has 2 aromatic carbocycles. The molecule has 0 unspecified atom stereocenters. The number of ether oxygens (including phenoxy) is 1. The van der Waals surface area contributed by atoms with Gasteiger partial charge in [-0.3, -0.25) is 9.69 Å². The van der Waals surface area contributed by atoms with Gasteiger partial charge >= 0.3 is 6.09 Å². The minimum atomic E-state index is -0.364. The maximum Gasteiger partial charge on any atom is 0.411 e. The Morgan fingerprint density at radius 3 is 2.34 bits per heavy atom. The van der Waals surface area contributed by atoms with Crippen LogP contribution in [0.4, 0.5) is 4.79 Å². The molecule has 0 bridgehead atoms. The molecule has 1 saturated heterocycles. The monoisotopic (exact) mass is 394 g/mol.